The van der Waals surface area contributed by atoms with Crippen LogP contribution in [0.3, 0.4) is 0 Å². The molecule has 0 aliphatic heterocycles. The summed E-state index contributed by atoms with van der Waals surface area (Å²) in [4.78, 5) is 4.28. The van der Waals surface area contributed by atoms with Gasteiger partial charge in [0.15, 0.2) is 0 Å². The van der Waals surface area contributed by atoms with Crippen LogP contribution in [0.4, 0.5) is 0 Å². The molecule has 0 fully saturated rings. The van der Waals surface area contributed by atoms with Gasteiger partial charge < -0.3 is 0 Å². The van der Waals surface area contributed by atoms with E-state index >= 15 is 0 Å². The van der Waals surface area contributed by atoms with Crippen LogP contribution in [0.1, 0.15) is 60.8 Å². The molecule has 0 amide bonds. The molecule has 0 spiro atoms. The first-order valence-corrected chi connectivity index (χ1v) is 7.31. The molecular weight excluding hydrogens is 218 g/mol. The summed E-state index contributed by atoms with van der Waals surface area (Å²) < 4.78 is 0. The smallest absolute Gasteiger partial charge is 0.0277 e. The Morgan fingerprint density at radius 3 is 2.17 bits per heavy atom. The Morgan fingerprint density at radius 1 is 1.17 bits per heavy atom. The zero-order valence-electron chi connectivity index (χ0n) is 13.4. The van der Waals surface area contributed by atoms with Gasteiger partial charge in [0.2, 0.25) is 0 Å². The molecule has 0 aromatic heterocycles. The van der Waals surface area contributed by atoms with Crippen LogP contribution in [0.5, 0.6) is 0 Å². The third-order valence-electron chi connectivity index (χ3n) is 3.59. The fraction of sp³-hybridized carbons (Fsp3) is 0.706. The Kier molecular flexibility index (Phi) is 8.70. The SMILES string of the molecule is CCC=C(C)C(CCC)=C(C=NC)C(C)C(C)C. The van der Waals surface area contributed by atoms with Gasteiger partial charge in [0.1, 0.15) is 0 Å². The number of aliphatic imine (C=N–C) groups is 1. The maximum atomic E-state index is 4.28. The van der Waals surface area contributed by atoms with E-state index in [2.05, 4.69) is 58.8 Å². The summed E-state index contributed by atoms with van der Waals surface area (Å²) in [6, 6.07) is 0. The van der Waals surface area contributed by atoms with Crippen LogP contribution in [0, 0.1) is 11.8 Å². The summed E-state index contributed by atoms with van der Waals surface area (Å²) in [7, 11) is 1.87. The Balaban J connectivity index is 5.63. The maximum Gasteiger partial charge on any atom is 0.0277 e. The Bertz CT molecular complexity index is 319. The second-order valence-electron chi connectivity index (χ2n) is 5.40. The molecule has 0 saturated heterocycles. The minimum Gasteiger partial charge on any atom is -0.296 e. The molecule has 0 rings (SSSR count). The van der Waals surface area contributed by atoms with E-state index in [0.717, 1.165) is 12.8 Å². The average molecular weight is 249 g/mol. The van der Waals surface area contributed by atoms with Gasteiger partial charge in [-0.05, 0) is 42.7 Å². The highest BCUT2D eigenvalue weighted by Gasteiger charge is 2.16. The van der Waals surface area contributed by atoms with E-state index in [1.54, 1.807) is 0 Å². The van der Waals surface area contributed by atoms with Crippen molar-refractivity contribution in [3.05, 3.63) is 22.8 Å². The Morgan fingerprint density at radius 2 is 1.78 bits per heavy atom. The first-order chi connectivity index (χ1) is 8.49. The Hall–Kier alpha value is -0.850. The van der Waals surface area contributed by atoms with E-state index in [9.17, 15) is 0 Å². The topological polar surface area (TPSA) is 12.4 Å². The molecular formula is C17H31N. The number of hydrogen-bond donors (Lipinski definition) is 0. The van der Waals surface area contributed by atoms with Crippen molar-refractivity contribution in [3.8, 4) is 0 Å². The lowest BCUT2D eigenvalue weighted by Crippen LogP contribution is -2.12. The minimum absolute atomic E-state index is 0.565. The molecule has 0 aromatic rings. The lowest BCUT2D eigenvalue weighted by molar-refractivity contribution is 0.490. The third-order valence-corrected chi connectivity index (χ3v) is 3.59. The van der Waals surface area contributed by atoms with Crippen LogP contribution in [0.15, 0.2) is 27.8 Å². The second-order valence-corrected chi connectivity index (χ2v) is 5.40. The second kappa shape index (κ2) is 9.13. The molecule has 104 valence electrons. The molecule has 1 nitrogen and oxygen atoms in total. The van der Waals surface area contributed by atoms with Crippen LogP contribution >= 0.6 is 0 Å². The maximum absolute atomic E-state index is 4.28. The number of rotatable bonds is 7. The van der Waals surface area contributed by atoms with Crippen LogP contribution in [0.25, 0.3) is 0 Å². The van der Waals surface area contributed by atoms with Crippen molar-refractivity contribution in [1.82, 2.24) is 0 Å². The number of nitrogens with zero attached hydrogens (tertiary/aromatic N) is 1. The zero-order valence-corrected chi connectivity index (χ0v) is 13.4. The minimum atomic E-state index is 0.565. The van der Waals surface area contributed by atoms with Gasteiger partial charge in [-0.1, -0.05) is 52.7 Å². The molecule has 0 heterocycles. The van der Waals surface area contributed by atoms with E-state index in [1.165, 1.54) is 23.1 Å². The van der Waals surface area contributed by atoms with Crippen molar-refractivity contribution in [2.75, 3.05) is 7.05 Å². The molecule has 0 N–H and O–H groups in total. The molecule has 0 bridgehead atoms. The standard InChI is InChI=1S/C17H31N/c1-8-10-14(5)16(11-9-2)17(12-18-7)15(6)13(3)4/h10,12-13,15H,8-9,11H2,1-7H3. The number of hydrogen-bond acceptors (Lipinski definition) is 1. The van der Waals surface area contributed by atoms with Crippen molar-refractivity contribution in [2.45, 2.75) is 60.8 Å². The lowest BCUT2D eigenvalue weighted by Gasteiger charge is -2.22. The van der Waals surface area contributed by atoms with Gasteiger partial charge in [-0.2, -0.15) is 0 Å². The zero-order chi connectivity index (χ0) is 14.1. The fourth-order valence-electron chi connectivity index (χ4n) is 2.22. The van der Waals surface area contributed by atoms with Crippen LogP contribution in [-0.2, 0) is 0 Å². The molecule has 1 unspecified atom stereocenters. The number of allylic oxidation sites excluding steroid dienone is 4. The normalized spacial score (nSPS) is 16.3. The van der Waals surface area contributed by atoms with Crippen molar-refractivity contribution < 1.29 is 0 Å². The lowest BCUT2D eigenvalue weighted by atomic mass is 9.84. The summed E-state index contributed by atoms with van der Waals surface area (Å²) in [5.74, 6) is 1.22. The van der Waals surface area contributed by atoms with E-state index in [1.807, 2.05) is 7.05 Å². The first-order valence-electron chi connectivity index (χ1n) is 7.31. The fourth-order valence-corrected chi connectivity index (χ4v) is 2.22. The van der Waals surface area contributed by atoms with Crippen LogP contribution in [-0.4, -0.2) is 13.3 Å². The van der Waals surface area contributed by atoms with E-state index in [-0.39, 0.29) is 0 Å². The van der Waals surface area contributed by atoms with E-state index in [4.69, 9.17) is 0 Å². The van der Waals surface area contributed by atoms with Gasteiger partial charge in [0, 0.05) is 13.3 Å². The first kappa shape index (κ1) is 17.2. The predicted molar refractivity (Wildman–Crippen MR) is 84.4 cm³/mol. The van der Waals surface area contributed by atoms with Gasteiger partial charge in [0.25, 0.3) is 0 Å². The van der Waals surface area contributed by atoms with E-state index < -0.39 is 0 Å². The molecule has 18 heavy (non-hydrogen) atoms. The van der Waals surface area contributed by atoms with Gasteiger partial charge in [-0.25, -0.2) is 0 Å². The van der Waals surface area contributed by atoms with E-state index in [0.29, 0.717) is 11.8 Å². The van der Waals surface area contributed by atoms with Crippen LogP contribution < -0.4 is 0 Å². The molecule has 0 saturated carbocycles. The average Bonchev–Trinajstić information content (AvgIpc) is 2.32. The summed E-state index contributed by atoms with van der Waals surface area (Å²) in [6.07, 6.45) is 7.85. The molecule has 0 aliphatic rings. The van der Waals surface area contributed by atoms with Gasteiger partial charge >= 0.3 is 0 Å². The quantitative estimate of drug-likeness (QED) is 0.421. The van der Waals surface area contributed by atoms with Crippen molar-refractivity contribution in [2.24, 2.45) is 16.8 Å². The predicted octanol–water partition coefficient (Wildman–Crippen LogP) is 5.43. The van der Waals surface area contributed by atoms with Crippen molar-refractivity contribution in [3.63, 3.8) is 0 Å². The third kappa shape index (κ3) is 5.20. The molecule has 1 heteroatoms. The van der Waals surface area contributed by atoms with Gasteiger partial charge in [0.05, 0.1) is 0 Å². The van der Waals surface area contributed by atoms with Crippen molar-refractivity contribution >= 4 is 6.21 Å². The molecule has 0 aromatic carbocycles. The van der Waals surface area contributed by atoms with Gasteiger partial charge in [-0.3, -0.25) is 4.99 Å². The highest BCUT2D eigenvalue weighted by Crippen LogP contribution is 2.28. The summed E-state index contributed by atoms with van der Waals surface area (Å²) in [6.45, 7) is 13.6. The van der Waals surface area contributed by atoms with Gasteiger partial charge in [-0.15, -0.1) is 0 Å². The van der Waals surface area contributed by atoms with Crippen molar-refractivity contribution in [1.29, 1.82) is 0 Å². The Labute approximate surface area is 114 Å². The molecule has 0 radical (unpaired) electrons. The summed E-state index contributed by atoms with van der Waals surface area (Å²) in [5, 5.41) is 0. The monoisotopic (exact) mass is 249 g/mol. The highest BCUT2D eigenvalue weighted by atomic mass is 14.6. The molecule has 0 aliphatic carbocycles. The molecule has 1 atom stereocenters. The summed E-state index contributed by atoms with van der Waals surface area (Å²) in [5.41, 5.74) is 4.37. The highest BCUT2D eigenvalue weighted by molar-refractivity contribution is 5.81. The van der Waals surface area contributed by atoms with Crippen LogP contribution in [0.2, 0.25) is 0 Å². The summed E-state index contributed by atoms with van der Waals surface area (Å²) >= 11 is 0. The largest absolute Gasteiger partial charge is 0.296 e.